The van der Waals surface area contributed by atoms with E-state index in [1.165, 1.54) is 0 Å². The molecule has 0 aliphatic rings. The van der Waals surface area contributed by atoms with Gasteiger partial charge in [0.15, 0.2) is 5.82 Å². The maximum absolute atomic E-state index is 4.01. The fourth-order valence-electron chi connectivity index (χ4n) is 1.10. The number of nitrogens with zero attached hydrogens (tertiary/aromatic N) is 3. The lowest BCUT2D eigenvalue weighted by Gasteiger charge is -1.97. The Hall–Kier alpha value is -1.64. The molecule has 0 aliphatic carbocycles. The summed E-state index contributed by atoms with van der Waals surface area (Å²) in [6.07, 6.45) is 2.56. The third-order valence-electron chi connectivity index (χ3n) is 1.69. The van der Waals surface area contributed by atoms with E-state index in [9.17, 15) is 0 Å². The van der Waals surface area contributed by atoms with Crippen LogP contribution in [0, 0.1) is 6.33 Å². The number of rotatable bonds is 1. The van der Waals surface area contributed by atoms with E-state index >= 15 is 0 Å². The molecule has 2 aromatic rings. The molecule has 0 saturated heterocycles. The van der Waals surface area contributed by atoms with Crippen molar-refractivity contribution in [2.45, 2.75) is 0 Å². The molecule has 0 bridgehead atoms. The van der Waals surface area contributed by atoms with E-state index in [1.54, 1.807) is 4.68 Å². The lowest BCUT2D eigenvalue weighted by molar-refractivity contribution is 0.772. The third-order valence-corrected chi connectivity index (χ3v) is 1.69. The molecule has 0 spiro atoms. The van der Waals surface area contributed by atoms with Gasteiger partial charge in [0.05, 0.1) is 0 Å². The van der Waals surface area contributed by atoms with Crippen LogP contribution in [-0.4, -0.2) is 14.8 Å². The Kier molecular flexibility index (Phi) is 1.63. The molecule has 0 aliphatic heterocycles. The molecule has 0 fully saturated rings. The second-order valence-electron chi connectivity index (χ2n) is 2.53. The van der Waals surface area contributed by atoms with Crippen LogP contribution < -0.4 is 0 Å². The standard InChI is InChI=1S/C9H8N3/c1-12-9(10-7-11-12)8-5-3-2-4-6-8/h2-6H,1H3. The van der Waals surface area contributed by atoms with Crippen LogP contribution in [0.5, 0.6) is 0 Å². The number of aryl methyl sites for hydroxylation is 1. The van der Waals surface area contributed by atoms with Crippen LogP contribution in [0.25, 0.3) is 11.4 Å². The first-order valence-corrected chi connectivity index (χ1v) is 3.70. The Morgan fingerprint density at radius 1 is 1.25 bits per heavy atom. The minimum atomic E-state index is 0.843. The highest BCUT2D eigenvalue weighted by Gasteiger charge is 2.01. The highest BCUT2D eigenvalue weighted by Crippen LogP contribution is 2.13. The van der Waals surface area contributed by atoms with Crippen molar-refractivity contribution in [3.05, 3.63) is 36.7 Å². The summed E-state index contributed by atoms with van der Waals surface area (Å²) >= 11 is 0. The SMILES string of the molecule is Cn1n[c]nc1-c1ccccc1. The molecule has 59 valence electrons. The molecule has 3 nitrogen and oxygen atoms in total. The molecule has 0 atom stereocenters. The van der Waals surface area contributed by atoms with Crippen molar-refractivity contribution in [2.75, 3.05) is 0 Å². The van der Waals surface area contributed by atoms with Gasteiger partial charge < -0.3 is 0 Å². The van der Waals surface area contributed by atoms with Crippen LogP contribution in [0.4, 0.5) is 0 Å². The highest BCUT2D eigenvalue weighted by molar-refractivity contribution is 5.53. The van der Waals surface area contributed by atoms with Crippen molar-refractivity contribution in [3.8, 4) is 11.4 Å². The van der Waals surface area contributed by atoms with Gasteiger partial charge in [0.25, 0.3) is 0 Å². The summed E-state index contributed by atoms with van der Waals surface area (Å²) in [5.41, 5.74) is 1.06. The molecule has 3 heteroatoms. The van der Waals surface area contributed by atoms with Gasteiger partial charge in [0.1, 0.15) is 0 Å². The molecular weight excluding hydrogens is 150 g/mol. The summed E-state index contributed by atoms with van der Waals surface area (Å²) in [5, 5.41) is 3.87. The van der Waals surface area contributed by atoms with Gasteiger partial charge >= 0.3 is 0 Å². The topological polar surface area (TPSA) is 30.7 Å². The summed E-state index contributed by atoms with van der Waals surface area (Å²) < 4.78 is 1.70. The minimum absolute atomic E-state index is 0.843. The summed E-state index contributed by atoms with van der Waals surface area (Å²) in [6.45, 7) is 0. The Morgan fingerprint density at radius 3 is 2.58 bits per heavy atom. The third kappa shape index (κ3) is 1.09. The van der Waals surface area contributed by atoms with Gasteiger partial charge in [0.2, 0.25) is 6.33 Å². The Bertz CT molecular complexity index is 364. The van der Waals surface area contributed by atoms with Crippen molar-refractivity contribution >= 4 is 0 Å². The fourth-order valence-corrected chi connectivity index (χ4v) is 1.10. The first kappa shape index (κ1) is 7.03. The van der Waals surface area contributed by atoms with Crippen LogP contribution in [0.1, 0.15) is 0 Å². The van der Waals surface area contributed by atoms with Crippen molar-refractivity contribution in [3.63, 3.8) is 0 Å². The minimum Gasteiger partial charge on any atom is -0.248 e. The molecule has 1 radical (unpaired) electrons. The molecule has 0 saturated carbocycles. The highest BCUT2D eigenvalue weighted by atomic mass is 15.3. The summed E-state index contributed by atoms with van der Waals surface area (Å²) in [6, 6.07) is 9.92. The van der Waals surface area contributed by atoms with E-state index in [2.05, 4.69) is 16.4 Å². The van der Waals surface area contributed by atoms with Crippen LogP contribution in [0.15, 0.2) is 30.3 Å². The van der Waals surface area contributed by atoms with Crippen molar-refractivity contribution < 1.29 is 0 Å². The van der Waals surface area contributed by atoms with Crippen molar-refractivity contribution in [2.24, 2.45) is 7.05 Å². The zero-order valence-corrected chi connectivity index (χ0v) is 6.73. The van der Waals surface area contributed by atoms with Crippen LogP contribution in [0.3, 0.4) is 0 Å². The van der Waals surface area contributed by atoms with E-state index in [4.69, 9.17) is 0 Å². The summed E-state index contributed by atoms with van der Waals surface area (Å²) in [5.74, 6) is 0.843. The van der Waals surface area contributed by atoms with E-state index in [1.807, 2.05) is 37.4 Å². The Labute approximate surface area is 70.7 Å². The largest absolute Gasteiger partial charge is 0.248 e. The van der Waals surface area contributed by atoms with Crippen LogP contribution in [-0.2, 0) is 7.05 Å². The predicted molar refractivity (Wildman–Crippen MR) is 45.3 cm³/mol. The maximum atomic E-state index is 4.01. The molecule has 0 unspecified atom stereocenters. The molecule has 1 heterocycles. The van der Waals surface area contributed by atoms with E-state index in [0.29, 0.717) is 0 Å². The van der Waals surface area contributed by atoms with Gasteiger partial charge in [-0.05, 0) is 0 Å². The van der Waals surface area contributed by atoms with Gasteiger partial charge in [-0.2, -0.15) is 0 Å². The van der Waals surface area contributed by atoms with E-state index in [-0.39, 0.29) is 0 Å². The molecule has 0 N–H and O–H groups in total. The van der Waals surface area contributed by atoms with E-state index < -0.39 is 0 Å². The predicted octanol–water partition coefficient (Wildman–Crippen LogP) is 1.28. The van der Waals surface area contributed by atoms with Gasteiger partial charge in [-0.1, -0.05) is 30.3 Å². The average Bonchev–Trinajstić information content (AvgIpc) is 2.53. The lowest BCUT2D eigenvalue weighted by Crippen LogP contribution is -1.93. The van der Waals surface area contributed by atoms with Gasteiger partial charge in [0, 0.05) is 12.6 Å². The number of hydrogen-bond acceptors (Lipinski definition) is 2. The van der Waals surface area contributed by atoms with Gasteiger partial charge in [-0.15, -0.1) is 5.10 Å². The van der Waals surface area contributed by atoms with Crippen molar-refractivity contribution in [1.82, 2.24) is 14.8 Å². The summed E-state index contributed by atoms with van der Waals surface area (Å²) in [4.78, 5) is 4.01. The van der Waals surface area contributed by atoms with Gasteiger partial charge in [-0.25, -0.2) is 9.67 Å². The summed E-state index contributed by atoms with van der Waals surface area (Å²) in [7, 11) is 1.85. The van der Waals surface area contributed by atoms with Crippen molar-refractivity contribution in [1.29, 1.82) is 0 Å². The first-order valence-electron chi connectivity index (χ1n) is 3.70. The number of aromatic nitrogens is 3. The average molecular weight is 158 g/mol. The van der Waals surface area contributed by atoms with Crippen LogP contribution >= 0.6 is 0 Å². The molecule has 2 rings (SSSR count). The Balaban J connectivity index is 2.51. The molecular formula is C9H8N3. The Morgan fingerprint density at radius 2 is 2.00 bits per heavy atom. The molecule has 0 amide bonds. The van der Waals surface area contributed by atoms with Gasteiger partial charge in [-0.3, -0.25) is 0 Å². The second-order valence-corrected chi connectivity index (χ2v) is 2.53. The lowest BCUT2D eigenvalue weighted by atomic mass is 10.2. The monoisotopic (exact) mass is 158 g/mol. The number of hydrogen-bond donors (Lipinski definition) is 0. The molecule has 1 aromatic heterocycles. The molecule has 12 heavy (non-hydrogen) atoms. The number of benzene rings is 1. The maximum Gasteiger partial charge on any atom is 0.221 e. The zero-order chi connectivity index (χ0) is 8.39. The van der Waals surface area contributed by atoms with E-state index in [0.717, 1.165) is 11.4 Å². The zero-order valence-electron chi connectivity index (χ0n) is 6.73. The smallest absolute Gasteiger partial charge is 0.221 e. The second kappa shape index (κ2) is 2.77. The fraction of sp³-hybridized carbons (Fsp3) is 0.111. The normalized spacial score (nSPS) is 10.1. The van der Waals surface area contributed by atoms with Crippen LogP contribution in [0.2, 0.25) is 0 Å². The molecule has 1 aromatic carbocycles. The first-order chi connectivity index (χ1) is 5.88. The quantitative estimate of drug-likeness (QED) is 0.626.